The van der Waals surface area contributed by atoms with Gasteiger partial charge >= 0.3 is 0 Å². The third-order valence-electron chi connectivity index (χ3n) is 4.27. The Morgan fingerprint density at radius 1 is 1.38 bits per heavy atom. The highest BCUT2D eigenvalue weighted by atomic mass is 16.5. The third-order valence-corrected chi connectivity index (χ3v) is 4.27. The summed E-state index contributed by atoms with van der Waals surface area (Å²) < 4.78 is 6.79. The number of tetrazole rings is 1. The van der Waals surface area contributed by atoms with Gasteiger partial charge in [-0.1, -0.05) is 25.9 Å². The number of carbonyl (C=O) groups excluding carboxylic acids is 1. The van der Waals surface area contributed by atoms with Crippen LogP contribution in [0.5, 0.6) is 0 Å². The van der Waals surface area contributed by atoms with Gasteiger partial charge in [-0.15, -0.1) is 5.10 Å². The zero-order valence-corrected chi connectivity index (χ0v) is 14.3. The molecule has 9 nitrogen and oxygen atoms in total. The third kappa shape index (κ3) is 3.29. The Balaban J connectivity index is 1.77. The average Bonchev–Trinajstić information content (AvgIpc) is 3.23. The Labute approximate surface area is 140 Å². The number of amides is 1. The number of hydrogen-bond acceptors (Lipinski definition) is 7. The van der Waals surface area contributed by atoms with E-state index >= 15 is 0 Å². The molecule has 1 unspecified atom stereocenters. The summed E-state index contributed by atoms with van der Waals surface area (Å²) in [6, 6.07) is -0.130. The standard InChI is InChI=1S/C15H23N7O2/c1-4-12-16-14(18-24-12)11-7-5-6-8-21(11)13(23)9-22-15(10(2)3)17-19-20-22/h10-11H,4-9H2,1-3H3. The molecule has 3 heterocycles. The van der Waals surface area contributed by atoms with Crippen molar-refractivity contribution in [3.63, 3.8) is 0 Å². The van der Waals surface area contributed by atoms with Gasteiger partial charge in [-0.3, -0.25) is 4.79 Å². The zero-order chi connectivity index (χ0) is 17.1. The molecule has 9 heteroatoms. The summed E-state index contributed by atoms with van der Waals surface area (Å²) in [5.74, 6) is 2.06. The summed E-state index contributed by atoms with van der Waals surface area (Å²) in [5, 5.41) is 15.7. The lowest BCUT2D eigenvalue weighted by molar-refractivity contribution is -0.136. The molecule has 0 bridgehead atoms. The van der Waals surface area contributed by atoms with Crippen molar-refractivity contribution in [3.8, 4) is 0 Å². The van der Waals surface area contributed by atoms with Gasteiger partial charge in [-0.2, -0.15) is 4.98 Å². The van der Waals surface area contributed by atoms with Crippen LogP contribution in [-0.4, -0.2) is 47.7 Å². The van der Waals surface area contributed by atoms with Crippen LogP contribution >= 0.6 is 0 Å². The Kier molecular flexibility index (Phi) is 4.86. The molecule has 1 fully saturated rings. The lowest BCUT2D eigenvalue weighted by Gasteiger charge is -2.33. The molecule has 0 spiro atoms. The molecule has 1 amide bonds. The van der Waals surface area contributed by atoms with Crippen molar-refractivity contribution >= 4 is 5.91 Å². The number of aromatic nitrogens is 6. The number of hydrogen-bond donors (Lipinski definition) is 0. The second-order valence-electron chi connectivity index (χ2n) is 6.35. The first kappa shape index (κ1) is 16.5. The maximum absolute atomic E-state index is 12.8. The molecule has 0 radical (unpaired) electrons. The average molecular weight is 333 g/mol. The van der Waals surface area contributed by atoms with Crippen molar-refractivity contribution < 1.29 is 9.32 Å². The number of nitrogens with zero attached hydrogens (tertiary/aromatic N) is 7. The van der Waals surface area contributed by atoms with E-state index < -0.39 is 0 Å². The smallest absolute Gasteiger partial charge is 0.245 e. The highest BCUT2D eigenvalue weighted by Crippen LogP contribution is 2.29. The van der Waals surface area contributed by atoms with E-state index in [0.29, 0.717) is 30.5 Å². The van der Waals surface area contributed by atoms with E-state index in [0.717, 1.165) is 19.3 Å². The fourth-order valence-corrected chi connectivity index (χ4v) is 3.00. The van der Waals surface area contributed by atoms with E-state index in [-0.39, 0.29) is 24.4 Å². The topological polar surface area (TPSA) is 103 Å². The second kappa shape index (κ2) is 7.06. The van der Waals surface area contributed by atoms with Gasteiger partial charge in [0.05, 0.1) is 6.04 Å². The number of piperidine rings is 1. The Hall–Kier alpha value is -2.32. The molecule has 0 N–H and O–H groups in total. The van der Waals surface area contributed by atoms with E-state index in [2.05, 4.69) is 25.7 Å². The largest absolute Gasteiger partial charge is 0.339 e. The fourth-order valence-electron chi connectivity index (χ4n) is 3.00. The monoisotopic (exact) mass is 333 g/mol. The molecule has 0 saturated carbocycles. The molecule has 0 aromatic carbocycles. The quantitative estimate of drug-likeness (QED) is 0.816. The van der Waals surface area contributed by atoms with Gasteiger partial charge in [-0.25, -0.2) is 4.68 Å². The minimum Gasteiger partial charge on any atom is -0.339 e. The van der Waals surface area contributed by atoms with E-state index in [4.69, 9.17) is 4.52 Å². The summed E-state index contributed by atoms with van der Waals surface area (Å²) in [7, 11) is 0. The highest BCUT2D eigenvalue weighted by Gasteiger charge is 2.32. The van der Waals surface area contributed by atoms with Crippen LogP contribution in [0.2, 0.25) is 0 Å². The van der Waals surface area contributed by atoms with Gasteiger partial charge in [0, 0.05) is 18.9 Å². The lowest BCUT2D eigenvalue weighted by atomic mass is 10.0. The van der Waals surface area contributed by atoms with E-state index in [9.17, 15) is 4.79 Å². The maximum Gasteiger partial charge on any atom is 0.245 e. The summed E-state index contributed by atoms with van der Waals surface area (Å²) in [6.45, 7) is 6.80. The van der Waals surface area contributed by atoms with Gasteiger partial charge in [0.2, 0.25) is 11.8 Å². The Bertz CT molecular complexity index is 694. The van der Waals surface area contributed by atoms with Crippen LogP contribution in [0.25, 0.3) is 0 Å². The number of rotatable bonds is 5. The molecule has 2 aromatic rings. The molecule has 1 saturated heterocycles. The Morgan fingerprint density at radius 2 is 2.21 bits per heavy atom. The first-order valence-corrected chi connectivity index (χ1v) is 8.48. The molecule has 0 aliphatic carbocycles. The van der Waals surface area contributed by atoms with Crippen molar-refractivity contribution in [2.24, 2.45) is 0 Å². The van der Waals surface area contributed by atoms with Crippen LogP contribution in [0.15, 0.2) is 4.52 Å². The summed E-state index contributed by atoms with van der Waals surface area (Å²) in [6.07, 6.45) is 3.57. The van der Waals surface area contributed by atoms with Crippen LogP contribution in [0, 0.1) is 0 Å². The molecular formula is C15H23N7O2. The summed E-state index contributed by atoms with van der Waals surface area (Å²) >= 11 is 0. The molecule has 1 aliphatic heterocycles. The van der Waals surface area contributed by atoms with Crippen LogP contribution < -0.4 is 0 Å². The fraction of sp³-hybridized carbons (Fsp3) is 0.733. The van der Waals surface area contributed by atoms with Crippen LogP contribution in [0.1, 0.15) is 69.5 Å². The zero-order valence-electron chi connectivity index (χ0n) is 14.3. The highest BCUT2D eigenvalue weighted by molar-refractivity contribution is 5.76. The lowest BCUT2D eigenvalue weighted by Crippen LogP contribution is -2.41. The molecule has 1 atom stereocenters. The Morgan fingerprint density at radius 3 is 2.92 bits per heavy atom. The van der Waals surface area contributed by atoms with E-state index in [1.807, 2.05) is 25.7 Å². The van der Waals surface area contributed by atoms with Gasteiger partial charge in [0.1, 0.15) is 6.54 Å². The van der Waals surface area contributed by atoms with E-state index in [1.165, 1.54) is 0 Å². The number of likely N-dealkylation sites (tertiary alicyclic amines) is 1. The molecule has 130 valence electrons. The molecule has 1 aliphatic rings. The molecule has 24 heavy (non-hydrogen) atoms. The molecule has 3 rings (SSSR count). The maximum atomic E-state index is 12.8. The first-order chi connectivity index (χ1) is 11.6. The van der Waals surface area contributed by atoms with Gasteiger partial charge < -0.3 is 9.42 Å². The van der Waals surface area contributed by atoms with Crippen molar-refractivity contribution in [3.05, 3.63) is 17.5 Å². The van der Waals surface area contributed by atoms with Gasteiger partial charge in [-0.05, 0) is 29.7 Å². The predicted octanol–water partition coefficient (Wildman–Crippen LogP) is 1.50. The normalized spacial score (nSPS) is 18.3. The van der Waals surface area contributed by atoms with Crippen molar-refractivity contribution in [2.45, 2.75) is 65.0 Å². The molecular weight excluding hydrogens is 310 g/mol. The summed E-state index contributed by atoms with van der Waals surface area (Å²) in [5.41, 5.74) is 0. The minimum absolute atomic E-state index is 0.0169. The minimum atomic E-state index is -0.130. The molecule has 2 aromatic heterocycles. The predicted molar refractivity (Wildman–Crippen MR) is 83.9 cm³/mol. The first-order valence-electron chi connectivity index (χ1n) is 8.48. The van der Waals surface area contributed by atoms with Gasteiger partial charge in [0.15, 0.2) is 11.6 Å². The van der Waals surface area contributed by atoms with Crippen LogP contribution in [-0.2, 0) is 17.8 Å². The second-order valence-corrected chi connectivity index (χ2v) is 6.35. The van der Waals surface area contributed by atoms with Crippen molar-refractivity contribution in [2.75, 3.05) is 6.54 Å². The van der Waals surface area contributed by atoms with E-state index in [1.54, 1.807) is 4.68 Å². The number of carbonyl (C=O) groups is 1. The van der Waals surface area contributed by atoms with Crippen molar-refractivity contribution in [1.29, 1.82) is 0 Å². The van der Waals surface area contributed by atoms with Crippen molar-refractivity contribution in [1.82, 2.24) is 35.2 Å². The van der Waals surface area contributed by atoms with Crippen LogP contribution in [0.3, 0.4) is 0 Å². The van der Waals surface area contributed by atoms with Crippen LogP contribution in [0.4, 0.5) is 0 Å². The number of aryl methyl sites for hydroxylation is 1. The SMILES string of the molecule is CCc1nc(C2CCCCN2C(=O)Cn2nnnc2C(C)C)no1. The van der Waals surface area contributed by atoms with Gasteiger partial charge in [0.25, 0.3) is 0 Å². The summed E-state index contributed by atoms with van der Waals surface area (Å²) in [4.78, 5) is 19.1.